The molecule has 6 heteroatoms. The summed E-state index contributed by atoms with van der Waals surface area (Å²) >= 11 is 0. The van der Waals surface area contributed by atoms with Crippen LogP contribution in [0.1, 0.15) is 26.3 Å². The topological polar surface area (TPSA) is 71.1 Å². The van der Waals surface area contributed by atoms with Crippen LogP contribution in [0.15, 0.2) is 72.8 Å². The van der Waals surface area contributed by atoms with E-state index in [1.54, 1.807) is 72.8 Å². The van der Waals surface area contributed by atoms with Crippen LogP contribution in [0.25, 0.3) is 6.08 Å². The molecule has 0 unspecified atom stereocenters. The molecule has 0 radical (unpaired) electrons. The highest BCUT2D eigenvalue weighted by Crippen LogP contribution is 2.27. The van der Waals surface area contributed by atoms with Crippen molar-refractivity contribution in [2.75, 3.05) is 21.3 Å². The lowest BCUT2D eigenvalue weighted by Crippen LogP contribution is -2.10. The van der Waals surface area contributed by atoms with Crippen molar-refractivity contribution >= 4 is 17.8 Å². The smallest absolute Gasteiger partial charge is 0.347 e. The molecule has 0 amide bonds. The van der Waals surface area contributed by atoms with E-state index in [0.717, 1.165) is 0 Å². The number of hydrogen-bond donors (Lipinski definition) is 0. The quantitative estimate of drug-likeness (QED) is 0.226. The monoisotopic (exact) mass is 418 g/mol. The Bertz CT molecular complexity index is 1120. The molecule has 0 heterocycles. The molecule has 3 aromatic carbocycles. The molecule has 0 saturated carbocycles. The lowest BCUT2D eigenvalue weighted by atomic mass is 10.1. The van der Waals surface area contributed by atoms with E-state index in [4.69, 9.17) is 18.9 Å². The third kappa shape index (κ3) is 5.11. The molecule has 0 fully saturated rings. The van der Waals surface area contributed by atoms with Crippen molar-refractivity contribution in [2.45, 2.75) is 0 Å². The van der Waals surface area contributed by atoms with Crippen molar-refractivity contribution < 1.29 is 28.5 Å². The summed E-state index contributed by atoms with van der Waals surface area (Å²) in [4.78, 5) is 25.4. The molecule has 3 aromatic rings. The van der Waals surface area contributed by atoms with Gasteiger partial charge in [0.25, 0.3) is 0 Å². The lowest BCUT2D eigenvalue weighted by molar-refractivity contribution is 0.0730. The molecular weight excluding hydrogens is 396 g/mol. The van der Waals surface area contributed by atoms with Crippen molar-refractivity contribution in [1.82, 2.24) is 0 Å². The summed E-state index contributed by atoms with van der Waals surface area (Å²) in [5.41, 5.74) is 1.24. The molecule has 0 aliphatic carbocycles. The van der Waals surface area contributed by atoms with Crippen molar-refractivity contribution in [3.63, 3.8) is 0 Å². The van der Waals surface area contributed by atoms with Gasteiger partial charge in [-0.1, -0.05) is 30.3 Å². The van der Waals surface area contributed by atoms with Crippen LogP contribution in [-0.2, 0) is 0 Å². The molecule has 31 heavy (non-hydrogen) atoms. The maximum Gasteiger partial charge on any atom is 0.347 e. The third-order valence-electron chi connectivity index (χ3n) is 4.53. The molecule has 0 atom stereocenters. The summed E-state index contributed by atoms with van der Waals surface area (Å²) in [5.74, 6) is 0.886. The Labute approximate surface area is 180 Å². The third-order valence-corrected chi connectivity index (χ3v) is 4.53. The van der Waals surface area contributed by atoms with Crippen LogP contribution in [0.5, 0.6) is 23.0 Å². The van der Waals surface area contributed by atoms with E-state index >= 15 is 0 Å². The zero-order chi connectivity index (χ0) is 22.2. The van der Waals surface area contributed by atoms with Crippen molar-refractivity contribution in [2.24, 2.45) is 0 Å². The van der Waals surface area contributed by atoms with Crippen LogP contribution >= 0.6 is 0 Å². The first-order valence-corrected chi connectivity index (χ1v) is 9.46. The van der Waals surface area contributed by atoms with Crippen LogP contribution in [-0.4, -0.2) is 33.1 Å². The van der Waals surface area contributed by atoms with Gasteiger partial charge in [-0.05, 0) is 48.6 Å². The van der Waals surface area contributed by atoms with E-state index in [-0.39, 0.29) is 5.78 Å². The highest BCUT2D eigenvalue weighted by Gasteiger charge is 2.16. The van der Waals surface area contributed by atoms with Gasteiger partial charge >= 0.3 is 5.97 Å². The lowest BCUT2D eigenvalue weighted by Gasteiger charge is -2.10. The van der Waals surface area contributed by atoms with Crippen LogP contribution in [0, 0.1) is 0 Å². The number of para-hydroxylation sites is 2. The van der Waals surface area contributed by atoms with E-state index in [1.807, 2.05) is 0 Å². The normalized spacial score (nSPS) is 10.5. The minimum Gasteiger partial charge on any atom is -0.497 e. The molecule has 6 nitrogen and oxygen atoms in total. The number of methoxy groups -OCH3 is 3. The first-order valence-electron chi connectivity index (χ1n) is 9.46. The summed E-state index contributed by atoms with van der Waals surface area (Å²) in [5, 5.41) is 0. The van der Waals surface area contributed by atoms with Gasteiger partial charge in [0.15, 0.2) is 5.78 Å². The summed E-state index contributed by atoms with van der Waals surface area (Å²) < 4.78 is 21.3. The fraction of sp³-hybridized carbons (Fsp3) is 0.120. The zero-order valence-electron chi connectivity index (χ0n) is 17.5. The Morgan fingerprint density at radius 1 is 0.710 bits per heavy atom. The number of rotatable bonds is 8. The maximum absolute atomic E-state index is 12.8. The number of esters is 1. The van der Waals surface area contributed by atoms with Gasteiger partial charge in [-0.15, -0.1) is 0 Å². The first kappa shape index (κ1) is 21.6. The Morgan fingerprint density at radius 2 is 1.35 bits per heavy atom. The van der Waals surface area contributed by atoms with E-state index in [0.29, 0.717) is 39.7 Å². The molecule has 0 saturated heterocycles. The molecule has 0 N–H and O–H groups in total. The maximum atomic E-state index is 12.8. The summed E-state index contributed by atoms with van der Waals surface area (Å²) in [6, 6.07) is 18.7. The largest absolute Gasteiger partial charge is 0.497 e. The molecule has 3 rings (SSSR count). The van der Waals surface area contributed by atoms with Crippen molar-refractivity contribution in [1.29, 1.82) is 0 Å². The van der Waals surface area contributed by atoms with Crippen molar-refractivity contribution in [3.8, 4) is 23.0 Å². The van der Waals surface area contributed by atoms with Crippen LogP contribution in [0.3, 0.4) is 0 Å². The second kappa shape index (κ2) is 10.1. The Morgan fingerprint density at radius 3 is 2.06 bits per heavy atom. The number of ketones is 1. The molecule has 0 aliphatic heterocycles. The minimum absolute atomic E-state index is 0.276. The number of ether oxygens (including phenoxy) is 4. The summed E-state index contributed by atoms with van der Waals surface area (Å²) in [6.07, 6.45) is 2.99. The predicted molar refractivity (Wildman–Crippen MR) is 117 cm³/mol. The second-order valence-corrected chi connectivity index (χ2v) is 6.39. The minimum atomic E-state index is -0.556. The number of hydrogen-bond acceptors (Lipinski definition) is 6. The van der Waals surface area contributed by atoms with E-state index in [9.17, 15) is 9.59 Å². The average Bonchev–Trinajstić information content (AvgIpc) is 2.82. The van der Waals surface area contributed by atoms with E-state index < -0.39 is 5.97 Å². The molecule has 0 bridgehead atoms. The van der Waals surface area contributed by atoms with Gasteiger partial charge in [-0.3, -0.25) is 4.79 Å². The number of benzene rings is 3. The van der Waals surface area contributed by atoms with E-state index in [1.165, 1.54) is 27.4 Å². The number of carbonyl (C=O) groups is 2. The van der Waals surface area contributed by atoms with Gasteiger partial charge in [0.2, 0.25) is 0 Å². The standard InChI is InChI=1S/C25H22O6/c1-28-18-13-15-24(30-3)20(16-18)21(26)14-12-17-8-4-6-10-22(17)31-25(27)19-9-5-7-11-23(19)29-2/h4-16H,1-3H3/b14-12+. The Balaban J connectivity index is 1.85. The molecule has 158 valence electrons. The highest BCUT2D eigenvalue weighted by molar-refractivity contribution is 6.09. The molecule has 0 spiro atoms. The number of allylic oxidation sites excluding steroid dienone is 1. The zero-order valence-corrected chi connectivity index (χ0v) is 17.5. The molecular formula is C25H22O6. The Kier molecular flexibility index (Phi) is 7.06. The molecule has 0 aliphatic rings. The highest BCUT2D eigenvalue weighted by atomic mass is 16.5. The van der Waals surface area contributed by atoms with E-state index in [2.05, 4.69) is 0 Å². The Hall–Kier alpha value is -4.06. The summed E-state index contributed by atoms with van der Waals surface area (Å²) in [6.45, 7) is 0. The second-order valence-electron chi connectivity index (χ2n) is 6.39. The number of carbonyl (C=O) groups excluding carboxylic acids is 2. The van der Waals surface area contributed by atoms with Crippen LogP contribution < -0.4 is 18.9 Å². The van der Waals surface area contributed by atoms with Gasteiger partial charge < -0.3 is 18.9 Å². The van der Waals surface area contributed by atoms with Gasteiger partial charge in [-0.2, -0.15) is 0 Å². The van der Waals surface area contributed by atoms with Gasteiger partial charge in [0.1, 0.15) is 28.6 Å². The fourth-order valence-electron chi connectivity index (χ4n) is 2.94. The first-order chi connectivity index (χ1) is 15.1. The molecule has 0 aromatic heterocycles. The van der Waals surface area contributed by atoms with Crippen LogP contribution in [0.2, 0.25) is 0 Å². The van der Waals surface area contributed by atoms with Gasteiger partial charge in [-0.25, -0.2) is 4.79 Å². The summed E-state index contributed by atoms with van der Waals surface area (Å²) in [7, 11) is 4.51. The fourth-order valence-corrected chi connectivity index (χ4v) is 2.94. The van der Waals surface area contributed by atoms with Crippen molar-refractivity contribution in [3.05, 3.63) is 89.5 Å². The van der Waals surface area contributed by atoms with Gasteiger partial charge in [0, 0.05) is 5.56 Å². The average molecular weight is 418 g/mol. The predicted octanol–water partition coefficient (Wildman–Crippen LogP) is 4.83. The van der Waals surface area contributed by atoms with Crippen LogP contribution in [0.4, 0.5) is 0 Å². The SMILES string of the molecule is COc1ccc(OC)c(C(=O)/C=C/c2ccccc2OC(=O)c2ccccc2OC)c1. The van der Waals surface area contributed by atoms with Gasteiger partial charge in [0.05, 0.1) is 26.9 Å².